The maximum atomic E-state index is 12.5. The number of urea groups is 1. The number of amides is 3. The largest absolute Gasteiger partial charge is 0.478 e. The first kappa shape index (κ1) is 20.4. The number of carboxylic acids is 1. The Kier molecular flexibility index (Phi) is 6.49. The molecule has 0 aromatic heterocycles. The van der Waals surface area contributed by atoms with Crippen molar-refractivity contribution in [1.29, 1.82) is 0 Å². The summed E-state index contributed by atoms with van der Waals surface area (Å²) in [4.78, 5) is 39.7. The molecule has 152 valence electrons. The average molecular weight is 395 g/mol. The Labute approximate surface area is 169 Å². The summed E-state index contributed by atoms with van der Waals surface area (Å²) in [6.07, 6.45) is 0.634. The lowest BCUT2D eigenvalue weighted by molar-refractivity contribution is -0.132. The summed E-state index contributed by atoms with van der Waals surface area (Å²) in [6.45, 7) is 3.85. The summed E-state index contributed by atoms with van der Waals surface area (Å²) in [7, 11) is 0. The molecule has 0 saturated carbocycles. The van der Waals surface area contributed by atoms with Gasteiger partial charge >= 0.3 is 12.0 Å². The van der Waals surface area contributed by atoms with Crippen LogP contribution in [0.15, 0.2) is 48.5 Å². The summed E-state index contributed by atoms with van der Waals surface area (Å²) in [5.41, 5.74) is 2.72. The average Bonchev–Trinajstić information content (AvgIpc) is 2.72. The van der Waals surface area contributed by atoms with Crippen LogP contribution in [0, 0.1) is 6.92 Å². The van der Waals surface area contributed by atoms with Crippen LogP contribution in [0.2, 0.25) is 0 Å². The molecule has 0 unspecified atom stereocenters. The van der Waals surface area contributed by atoms with Crippen molar-refractivity contribution in [2.45, 2.75) is 19.8 Å². The molecule has 0 spiro atoms. The fourth-order valence-corrected chi connectivity index (χ4v) is 3.43. The summed E-state index contributed by atoms with van der Waals surface area (Å²) < 4.78 is 0. The van der Waals surface area contributed by atoms with E-state index in [0.29, 0.717) is 38.2 Å². The number of carbonyl (C=O) groups excluding carboxylic acids is 2. The molecule has 0 atom stereocenters. The summed E-state index contributed by atoms with van der Waals surface area (Å²) in [5.74, 6) is -1.01. The van der Waals surface area contributed by atoms with Crippen LogP contribution >= 0.6 is 0 Å². The molecule has 1 fully saturated rings. The van der Waals surface area contributed by atoms with Gasteiger partial charge in [0.25, 0.3) is 0 Å². The number of nitrogens with zero attached hydrogens (tertiary/aromatic N) is 2. The number of carboxylic acid groups (broad SMARTS) is 1. The van der Waals surface area contributed by atoms with Crippen molar-refractivity contribution >= 4 is 23.6 Å². The Hall–Kier alpha value is -3.35. The minimum Gasteiger partial charge on any atom is -0.478 e. The number of aromatic carboxylic acids is 1. The smallest absolute Gasteiger partial charge is 0.335 e. The van der Waals surface area contributed by atoms with Gasteiger partial charge in [-0.15, -0.1) is 0 Å². The Bertz CT molecular complexity index is 904. The van der Waals surface area contributed by atoms with Gasteiger partial charge < -0.3 is 20.2 Å². The lowest BCUT2D eigenvalue weighted by Gasteiger charge is -2.34. The third-order valence-corrected chi connectivity index (χ3v) is 5.04. The van der Waals surface area contributed by atoms with E-state index in [1.165, 1.54) is 0 Å². The second kappa shape index (κ2) is 9.23. The Morgan fingerprint density at radius 2 is 1.66 bits per heavy atom. The summed E-state index contributed by atoms with van der Waals surface area (Å²) in [6, 6.07) is 14.2. The highest BCUT2D eigenvalue weighted by Crippen LogP contribution is 2.14. The molecular formula is C22H25N3O4. The van der Waals surface area contributed by atoms with E-state index >= 15 is 0 Å². The number of aryl methyl sites for hydroxylation is 2. The van der Waals surface area contributed by atoms with Gasteiger partial charge in [0.2, 0.25) is 5.91 Å². The van der Waals surface area contributed by atoms with Gasteiger partial charge in [-0.25, -0.2) is 9.59 Å². The quantitative estimate of drug-likeness (QED) is 0.814. The molecule has 1 saturated heterocycles. The molecule has 3 amide bonds. The number of hydrogen-bond acceptors (Lipinski definition) is 3. The monoisotopic (exact) mass is 395 g/mol. The fraction of sp³-hybridized carbons (Fsp3) is 0.318. The molecular weight excluding hydrogens is 370 g/mol. The van der Waals surface area contributed by atoms with E-state index in [-0.39, 0.29) is 23.9 Å². The van der Waals surface area contributed by atoms with Crippen LogP contribution in [0.25, 0.3) is 0 Å². The second-order valence-corrected chi connectivity index (χ2v) is 7.13. The van der Waals surface area contributed by atoms with Crippen LogP contribution in [0.3, 0.4) is 0 Å². The molecule has 7 nitrogen and oxygen atoms in total. The number of rotatable bonds is 5. The topological polar surface area (TPSA) is 90.0 Å². The van der Waals surface area contributed by atoms with Crippen molar-refractivity contribution in [3.63, 3.8) is 0 Å². The van der Waals surface area contributed by atoms with Crippen molar-refractivity contribution in [1.82, 2.24) is 9.80 Å². The molecule has 0 aliphatic carbocycles. The number of carbonyl (C=O) groups is 3. The van der Waals surface area contributed by atoms with E-state index in [9.17, 15) is 19.5 Å². The highest BCUT2D eigenvalue weighted by atomic mass is 16.4. The lowest BCUT2D eigenvalue weighted by atomic mass is 10.0. The first-order chi connectivity index (χ1) is 13.9. The molecule has 1 aliphatic heterocycles. The standard InChI is InChI=1S/C22H25N3O4/c1-16-5-4-7-18(15-16)23-22(29)25-13-11-24(12-14-25)20(26)10-9-17-6-2-3-8-19(17)21(27)28/h2-8,15H,9-14H2,1H3,(H,23,29)(H,27,28). The number of nitrogens with one attached hydrogen (secondary N) is 1. The van der Waals surface area contributed by atoms with Crippen LogP contribution < -0.4 is 5.32 Å². The highest BCUT2D eigenvalue weighted by Gasteiger charge is 2.24. The van der Waals surface area contributed by atoms with E-state index in [1.54, 1.807) is 34.1 Å². The van der Waals surface area contributed by atoms with Gasteiger partial charge in [-0.2, -0.15) is 0 Å². The van der Waals surface area contributed by atoms with Crippen molar-refractivity contribution in [3.05, 3.63) is 65.2 Å². The zero-order valence-corrected chi connectivity index (χ0v) is 16.4. The van der Waals surface area contributed by atoms with Crippen LogP contribution in [-0.2, 0) is 11.2 Å². The Morgan fingerprint density at radius 1 is 0.966 bits per heavy atom. The third-order valence-electron chi connectivity index (χ3n) is 5.04. The van der Waals surface area contributed by atoms with Gasteiger partial charge in [0, 0.05) is 38.3 Å². The maximum absolute atomic E-state index is 12.5. The van der Waals surface area contributed by atoms with E-state index in [2.05, 4.69) is 5.32 Å². The van der Waals surface area contributed by atoms with Gasteiger partial charge in [-0.1, -0.05) is 30.3 Å². The highest BCUT2D eigenvalue weighted by molar-refractivity contribution is 5.90. The van der Waals surface area contributed by atoms with Crippen LogP contribution in [0.1, 0.15) is 27.9 Å². The first-order valence-corrected chi connectivity index (χ1v) is 9.65. The molecule has 29 heavy (non-hydrogen) atoms. The fourth-order valence-electron chi connectivity index (χ4n) is 3.43. The lowest BCUT2D eigenvalue weighted by Crippen LogP contribution is -2.51. The van der Waals surface area contributed by atoms with Gasteiger partial charge in [-0.3, -0.25) is 4.79 Å². The molecule has 2 N–H and O–H groups in total. The van der Waals surface area contributed by atoms with E-state index in [0.717, 1.165) is 11.3 Å². The molecule has 3 rings (SSSR count). The van der Waals surface area contributed by atoms with Crippen molar-refractivity contribution in [2.24, 2.45) is 0 Å². The third kappa shape index (κ3) is 5.34. The number of hydrogen-bond donors (Lipinski definition) is 2. The summed E-state index contributed by atoms with van der Waals surface area (Å²) >= 11 is 0. The van der Waals surface area contributed by atoms with E-state index < -0.39 is 5.97 Å². The van der Waals surface area contributed by atoms with Gasteiger partial charge in [0.1, 0.15) is 0 Å². The van der Waals surface area contributed by atoms with Crippen LogP contribution in [-0.4, -0.2) is 59.0 Å². The van der Waals surface area contributed by atoms with E-state index in [4.69, 9.17) is 0 Å². The predicted molar refractivity (Wildman–Crippen MR) is 110 cm³/mol. The minimum absolute atomic E-state index is 0.0241. The van der Waals surface area contributed by atoms with Gasteiger partial charge in [-0.05, 0) is 42.7 Å². The predicted octanol–water partition coefficient (Wildman–Crippen LogP) is 3.00. The number of anilines is 1. The van der Waals surface area contributed by atoms with Gasteiger partial charge in [0.05, 0.1) is 5.56 Å². The molecule has 2 aromatic carbocycles. The van der Waals surface area contributed by atoms with Crippen molar-refractivity contribution in [2.75, 3.05) is 31.5 Å². The Balaban J connectivity index is 1.48. The first-order valence-electron chi connectivity index (χ1n) is 9.65. The Morgan fingerprint density at radius 3 is 2.34 bits per heavy atom. The van der Waals surface area contributed by atoms with Crippen molar-refractivity contribution < 1.29 is 19.5 Å². The van der Waals surface area contributed by atoms with Gasteiger partial charge in [0.15, 0.2) is 0 Å². The summed E-state index contributed by atoms with van der Waals surface area (Å²) in [5, 5.41) is 12.1. The number of benzene rings is 2. The minimum atomic E-state index is -0.985. The molecule has 1 heterocycles. The molecule has 2 aromatic rings. The molecule has 0 bridgehead atoms. The molecule has 7 heteroatoms. The SMILES string of the molecule is Cc1cccc(NC(=O)N2CCN(C(=O)CCc3ccccc3C(=O)O)CC2)c1. The van der Waals surface area contributed by atoms with Crippen molar-refractivity contribution in [3.8, 4) is 0 Å². The van der Waals surface area contributed by atoms with E-state index in [1.807, 2.05) is 31.2 Å². The zero-order valence-electron chi connectivity index (χ0n) is 16.4. The molecule has 0 radical (unpaired) electrons. The second-order valence-electron chi connectivity index (χ2n) is 7.13. The normalized spacial score (nSPS) is 13.8. The zero-order chi connectivity index (χ0) is 20.8. The van der Waals surface area contributed by atoms with Crippen LogP contribution in [0.4, 0.5) is 10.5 Å². The maximum Gasteiger partial charge on any atom is 0.335 e. The van der Waals surface area contributed by atoms with Crippen LogP contribution in [0.5, 0.6) is 0 Å². The number of piperazine rings is 1. The molecule has 1 aliphatic rings.